The number of nitrogens with zero attached hydrogens (tertiary/aromatic N) is 1. The summed E-state index contributed by atoms with van der Waals surface area (Å²) in [7, 11) is 0. The summed E-state index contributed by atoms with van der Waals surface area (Å²) in [5.74, 6) is 1.68. The smallest absolute Gasteiger partial charge is 0.247 e. The third kappa shape index (κ3) is 3.54. The fraction of sp³-hybridized carbons (Fsp3) is 0.412. The fourth-order valence-electron chi connectivity index (χ4n) is 2.59. The lowest BCUT2D eigenvalue weighted by Crippen LogP contribution is -2.39. The molecule has 0 aliphatic heterocycles. The second kappa shape index (κ2) is 6.32. The van der Waals surface area contributed by atoms with Crippen LogP contribution in [0.2, 0.25) is 0 Å². The first kappa shape index (κ1) is 14.8. The first-order valence-corrected chi connectivity index (χ1v) is 7.68. The van der Waals surface area contributed by atoms with Gasteiger partial charge >= 0.3 is 0 Å². The number of rotatable bonds is 6. The van der Waals surface area contributed by atoms with E-state index in [-0.39, 0.29) is 5.91 Å². The van der Waals surface area contributed by atoms with Crippen molar-refractivity contribution in [2.45, 2.75) is 38.8 Å². The van der Waals surface area contributed by atoms with Crippen LogP contribution in [0.15, 0.2) is 40.9 Å². The predicted octanol–water partition coefficient (Wildman–Crippen LogP) is 3.05. The lowest BCUT2D eigenvalue weighted by Gasteiger charge is -2.22. The molecular formula is C17H21N3O2. The van der Waals surface area contributed by atoms with Crippen LogP contribution in [0.3, 0.4) is 0 Å². The number of amides is 1. The number of carbonyl (C=O) groups excluding carboxylic acids is 1. The second-order valence-electron chi connectivity index (χ2n) is 5.95. The van der Waals surface area contributed by atoms with Crippen molar-refractivity contribution in [1.82, 2.24) is 10.5 Å². The molecule has 116 valence electrons. The highest BCUT2D eigenvalue weighted by molar-refractivity contribution is 5.94. The maximum absolute atomic E-state index is 12.6. The minimum atomic E-state index is -0.395. The average Bonchev–Trinajstić information content (AvgIpc) is 3.29. The lowest BCUT2D eigenvalue weighted by atomic mass is 10.0. The van der Waals surface area contributed by atoms with Crippen LogP contribution >= 0.6 is 0 Å². The third-order valence-corrected chi connectivity index (χ3v) is 4.03. The van der Waals surface area contributed by atoms with Gasteiger partial charge in [-0.05, 0) is 38.2 Å². The molecule has 5 heteroatoms. The quantitative estimate of drug-likeness (QED) is 0.860. The molecule has 1 aliphatic carbocycles. The molecule has 2 atom stereocenters. The Morgan fingerprint density at radius 2 is 2.05 bits per heavy atom. The molecule has 1 fully saturated rings. The highest BCUT2D eigenvalue weighted by Gasteiger charge is 2.32. The molecule has 0 radical (unpaired) electrons. The van der Waals surface area contributed by atoms with Gasteiger partial charge in [0.1, 0.15) is 11.8 Å². The minimum absolute atomic E-state index is 0.119. The number of nitrogens with one attached hydrogen (secondary N) is 2. The van der Waals surface area contributed by atoms with E-state index in [2.05, 4.69) is 22.7 Å². The SMILES string of the molecule is Cc1cc(NC(=O)[C@H](N[C@@H](C)C2CC2)c2ccccc2)no1. The van der Waals surface area contributed by atoms with E-state index >= 15 is 0 Å². The molecule has 0 spiro atoms. The summed E-state index contributed by atoms with van der Waals surface area (Å²) in [6, 6.07) is 11.4. The second-order valence-corrected chi connectivity index (χ2v) is 5.95. The Bertz CT molecular complexity index is 634. The van der Waals surface area contributed by atoms with Crippen molar-refractivity contribution in [3.05, 3.63) is 47.7 Å². The maximum Gasteiger partial charge on any atom is 0.247 e. The Morgan fingerprint density at radius 3 is 2.64 bits per heavy atom. The molecule has 1 amide bonds. The van der Waals surface area contributed by atoms with E-state index < -0.39 is 6.04 Å². The van der Waals surface area contributed by atoms with Gasteiger partial charge in [-0.2, -0.15) is 0 Å². The van der Waals surface area contributed by atoms with E-state index in [1.807, 2.05) is 30.3 Å². The standard InChI is InChI=1S/C17H21N3O2/c1-11-10-15(20-22-11)19-17(21)16(14-6-4-3-5-7-14)18-12(2)13-8-9-13/h3-7,10,12-13,16,18H,8-9H2,1-2H3,(H,19,20,21)/t12-,16+/m0/s1. The van der Waals surface area contributed by atoms with Crippen molar-refractivity contribution in [3.63, 3.8) is 0 Å². The monoisotopic (exact) mass is 299 g/mol. The van der Waals surface area contributed by atoms with E-state index in [1.165, 1.54) is 12.8 Å². The van der Waals surface area contributed by atoms with Crippen LogP contribution in [0, 0.1) is 12.8 Å². The van der Waals surface area contributed by atoms with Gasteiger partial charge in [-0.15, -0.1) is 0 Å². The van der Waals surface area contributed by atoms with Crippen molar-refractivity contribution in [2.75, 3.05) is 5.32 Å². The predicted molar refractivity (Wildman–Crippen MR) is 84.4 cm³/mol. The summed E-state index contributed by atoms with van der Waals surface area (Å²) in [5.41, 5.74) is 0.952. The average molecular weight is 299 g/mol. The zero-order chi connectivity index (χ0) is 15.5. The summed E-state index contributed by atoms with van der Waals surface area (Å²) >= 11 is 0. The first-order chi connectivity index (χ1) is 10.6. The van der Waals surface area contributed by atoms with E-state index in [4.69, 9.17) is 4.52 Å². The number of aryl methyl sites for hydroxylation is 1. The molecule has 1 saturated carbocycles. The van der Waals surface area contributed by atoms with Gasteiger partial charge in [0.15, 0.2) is 5.82 Å². The van der Waals surface area contributed by atoms with Gasteiger partial charge in [0.25, 0.3) is 0 Å². The number of carbonyl (C=O) groups is 1. The van der Waals surface area contributed by atoms with Crippen LogP contribution in [0.5, 0.6) is 0 Å². The molecule has 5 nitrogen and oxygen atoms in total. The normalized spacial score (nSPS) is 17.0. The van der Waals surface area contributed by atoms with Crippen molar-refractivity contribution >= 4 is 11.7 Å². The number of anilines is 1. The molecule has 1 heterocycles. The molecule has 1 aliphatic rings. The topological polar surface area (TPSA) is 67.2 Å². The molecule has 2 aromatic rings. The first-order valence-electron chi connectivity index (χ1n) is 7.68. The van der Waals surface area contributed by atoms with Gasteiger partial charge in [-0.25, -0.2) is 0 Å². The number of benzene rings is 1. The zero-order valence-electron chi connectivity index (χ0n) is 12.9. The number of hydrogen-bond donors (Lipinski definition) is 2. The molecular weight excluding hydrogens is 278 g/mol. The summed E-state index contributed by atoms with van der Waals surface area (Å²) in [6.45, 7) is 3.94. The minimum Gasteiger partial charge on any atom is -0.360 e. The number of hydrogen-bond acceptors (Lipinski definition) is 4. The van der Waals surface area contributed by atoms with Gasteiger partial charge in [-0.3, -0.25) is 10.1 Å². The van der Waals surface area contributed by atoms with Crippen LogP contribution < -0.4 is 10.6 Å². The number of aromatic nitrogens is 1. The largest absolute Gasteiger partial charge is 0.360 e. The van der Waals surface area contributed by atoms with E-state index in [9.17, 15) is 4.79 Å². The fourth-order valence-corrected chi connectivity index (χ4v) is 2.59. The summed E-state index contributed by atoms with van der Waals surface area (Å²) < 4.78 is 5.00. The zero-order valence-corrected chi connectivity index (χ0v) is 12.9. The van der Waals surface area contributed by atoms with Crippen molar-refractivity contribution < 1.29 is 9.32 Å². The van der Waals surface area contributed by atoms with Gasteiger partial charge in [0.2, 0.25) is 5.91 Å². The van der Waals surface area contributed by atoms with E-state index in [0.717, 1.165) is 5.56 Å². The molecule has 0 saturated heterocycles. The van der Waals surface area contributed by atoms with Crippen LogP contribution in [-0.2, 0) is 4.79 Å². The van der Waals surface area contributed by atoms with Crippen molar-refractivity contribution in [2.24, 2.45) is 5.92 Å². The van der Waals surface area contributed by atoms with Crippen LogP contribution in [-0.4, -0.2) is 17.1 Å². The summed E-state index contributed by atoms with van der Waals surface area (Å²) in [5, 5.41) is 10.1. The Morgan fingerprint density at radius 1 is 1.32 bits per heavy atom. The maximum atomic E-state index is 12.6. The third-order valence-electron chi connectivity index (χ3n) is 4.03. The van der Waals surface area contributed by atoms with Gasteiger partial charge < -0.3 is 9.84 Å². The van der Waals surface area contributed by atoms with Crippen molar-refractivity contribution in [1.29, 1.82) is 0 Å². The highest BCUT2D eigenvalue weighted by atomic mass is 16.5. The molecule has 1 aromatic carbocycles. The Labute approximate surface area is 130 Å². The molecule has 1 aromatic heterocycles. The van der Waals surface area contributed by atoms with Crippen molar-refractivity contribution in [3.8, 4) is 0 Å². The highest BCUT2D eigenvalue weighted by Crippen LogP contribution is 2.33. The van der Waals surface area contributed by atoms with Gasteiger partial charge in [0.05, 0.1) is 0 Å². The summed E-state index contributed by atoms with van der Waals surface area (Å²) in [6.07, 6.45) is 2.47. The molecule has 0 bridgehead atoms. The lowest BCUT2D eigenvalue weighted by molar-refractivity contribution is -0.118. The van der Waals surface area contributed by atoms with Gasteiger partial charge in [0, 0.05) is 12.1 Å². The molecule has 0 unspecified atom stereocenters. The summed E-state index contributed by atoms with van der Waals surface area (Å²) in [4.78, 5) is 12.6. The van der Waals surface area contributed by atoms with Crippen LogP contribution in [0.1, 0.15) is 37.1 Å². The molecule has 3 rings (SSSR count). The van der Waals surface area contributed by atoms with Crippen LogP contribution in [0.25, 0.3) is 0 Å². The van der Waals surface area contributed by atoms with E-state index in [0.29, 0.717) is 23.5 Å². The van der Waals surface area contributed by atoms with Gasteiger partial charge in [-0.1, -0.05) is 35.5 Å². The van der Waals surface area contributed by atoms with Crippen LogP contribution in [0.4, 0.5) is 5.82 Å². The van der Waals surface area contributed by atoms with E-state index in [1.54, 1.807) is 13.0 Å². The Balaban J connectivity index is 1.76. The Hall–Kier alpha value is -2.14. The Kier molecular flexibility index (Phi) is 4.24. The molecule has 22 heavy (non-hydrogen) atoms. The molecule has 2 N–H and O–H groups in total.